The molecular formula is C41H81NO9. The first-order chi connectivity index (χ1) is 24.8. The highest BCUT2D eigenvalue weighted by Crippen LogP contribution is 2.23. The molecule has 304 valence electrons. The number of aliphatic hydroxyl groups excluding tert-OH is 6. The zero-order chi connectivity index (χ0) is 37.5. The van der Waals surface area contributed by atoms with Gasteiger partial charge in [0.1, 0.15) is 30.5 Å². The molecular weight excluding hydrogens is 650 g/mol. The summed E-state index contributed by atoms with van der Waals surface area (Å²) < 4.78 is 11.1. The Balaban J connectivity index is 2.44. The lowest BCUT2D eigenvalue weighted by molar-refractivity contribution is -0.303. The van der Waals surface area contributed by atoms with Crippen molar-refractivity contribution in [2.45, 2.75) is 243 Å². The Morgan fingerprint density at radius 1 is 0.608 bits per heavy atom. The summed E-state index contributed by atoms with van der Waals surface area (Å²) in [7, 11) is 0. The molecule has 0 aromatic rings. The number of hydrogen-bond donors (Lipinski definition) is 7. The fourth-order valence-electron chi connectivity index (χ4n) is 7.02. The van der Waals surface area contributed by atoms with Crippen LogP contribution in [0.5, 0.6) is 0 Å². The van der Waals surface area contributed by atoms with Crippen molar-refractivity contribution in [1.82, 2.24) is 5.32 Å². The van der Waals surface area contributed by atoms with Gasteiger partial charge in [-0.05, 0) is 12.8 Å². The van der Waals surface area contributed by atoms with Crippen LogP contribution >= 0.6 is 0 Å². The topological polar surface area (TPSA) is 169 Å². The molecule has 0 aromatic carbocycles. The van der Waals surface area contributed by atoms with Crippen molar-refractivity contribution in [3.63, 3.8) is 0 Å². The minimum Gasteiger partial charge on any atom is -0.394 e. The molecule has 7 N–H and O–H groups in total. The third-order valence-corrected chi connectivity index (χ3v) is 10.6. The number of carbonyl (C=O) groups is 1. The molecule has 0 saturated carbocycles. The molecule has 0 spiro atoms. The molecule has 1 aliphatic rings. The number of hydrogen-bond acceptors (Lipinski definition) is 9. The van der Waals surface area contributed by atoms with E-state index in [-0.39, 0.29) is 18.9 Å². The summed E-state index contributed by atoms with van der Waals surface area (Å²) in [6.07, 6.45) is 22.5. The second-order valence-electron chi connectivity index (χ2n) is 15.3. The molecule has 2 unspecified atom stereocenters. The quantitative estimate of drug-likeness (QED) is 0.0341. The predicted molar refractivity (Wildman–Crippen MR) is 204 cm³/mol. The third kappa shape index (κ3) is 23.5. The summed E-state index contributed by atoms with van der Waals surface area (Å²) in [5.41, 5.74) is 0. The molecule has 0 aromatic heterocycles. The second kappa shape index (κ2) is 32.6. The SMILES string of the molecule is CCCCCCCCCCCCCCCC(=O)N[C@@H](CO[C@@H]1O[C@H](CO)[C@H](O)C(O)C1O)[C@H](O)[C@H](O)CCCCCCCCCCCCCCC. The fraction of sp³-hybridized carbons (Fsp3) is 0.976. The van der Waals surface area contributed by atoms with Gasteiger partial charge >= 0.3 is 0 Å². The van der Waals surface area contributed by atoms with Crippen LogP contribution in [0.3, 0.4) is 0 Å². The highest BCUT2D eigenvalue weighted by Gasteiger charge is 2.44. The number of rotatable bonds is 35. The van der Waals surface area contributed by atoms with Crippen LogP contribution in [0.1, 0.15) is 194 Å². The lowest BCUT2D eigenvalue weighted by atomic mass is 9.98. The summed E-state index contributed by atoms with van der Waals surface area (Å²) in [5.74, 6) is -0.257. The molecule has 1 amide bonds. The van der Waals surface area contributed by atoms with E-state index in [0.29, 0.717) is 6.42 Å². The van der Waals surface area contributed by atoms with E-state index in [4.69, 9.17) is 9.47 Å². The maximum Gasteiger partial charge on any atom is 0.220 e. The van der Waals surface area contributed by atoms with E-state index < -0.39 is 55.6 Å². The predicted octanol–water partition coefficient (Wildman–Crippen LogP) is 6.97. The number of amides is 1. The zero-order valence-electron chi connectivity index (χ0n) is 32.7. The lowest BCUT2D eigenvalue weighted by Crippen LogP contribution is -2.60. The van der Waals surface area contributed by atoms with Crippen LogP contribution in [-0.4, -0.2) is 98.7 Å². The van der Waals surface area contributed by atoms with E-state index >= 15 is 0 Å². The molecule has 1 rings (SSSR count). The van der Waals surface area contributed by atoms with Crippen LogP contribution in [0.15, 0.2) is 0 Å². The molecule has 1 fully saturated rings. The average Bonchev–Trinajstić information content (AvgIpc) is 3.13. The van der Waals surface area contributed by atoms with Gasteiger partial charge in [0.15, 0.2) is 6.29 Å². The van der Waals surface area contributed by atoms with Crippen LogP contribution in [0.2, 0.25) is 0 Å². The number of ether oxygens (including phenoxy) is 2. The first-order valence-corrected chi connectivity index (χ1v) is 21.3. The molecule has 0 bridgehead atoms. The van der Waals surface area contributed by atoms with E-state index in [1.807, 2.05) is 0 Å². The highest BCUT2D eigenvalue weighted by molar-refractivity contribution is 5.76. The van der Waals surface area contributed by atoms with Crippen LogP contribution in [0.4, 0.5) is 0 Å². The normalized spacial score (nSPS) is 22.5. The van der Waals surface area contributed by atoms with Gasteiger partial charge in [-0.25, -0.2) is 0 Å². The van der Waals surface area contributed by atoms with Gasteiger partial charge in [-0.2, -0.15) is 0 Å². The molecule has 0 radical (unpaired) electrons. The molecule has 1 heterocycles. The smallest absolute Gasteiger partial charge is 0.220 e. The summed E-state index contributed by atoms with van der Waals surface area (Å²) in [5, 5.41) is 65.0. The molecule has 1 saturated heterocycles. The van der Waals surface area contributed by atoms with Crippen molar-refractivity contribution < 1.29 is 44.9 Å². The Hall–Kier alpha value is -0.850. The van der Waals surface area contributed by atoms with Crippen LogP contribution in [0, 0.1) is 0 Å². The standard InChI is InChI=1S/C41H81NO9/c1-3-5-7-9-11-13-15-17-19-21-23-25-27-29-34(44)37(46)33(32-50-41-40(49)39(48)38(47)35(31-43)51-41)42-36(45)30-28-26-24-22-20-18-16-14-12-10-8-6-4-2/h33-35,37-41,43-44,46-49H,3-32H2,1-2H3,(H,42,45)/t33-,34+,35+,37-,38-,39?,40?,41+/m0/s1. The Morgan fingerprint density at radius 2 is 1.02 bits per heavy atom. The first kappa shape index (κ1) is 48.2. The maximum atomic E-state index is 12.9. The van der Waals surface area contributed by atoms with Gasteiger partial charge in [0.05, 0.1) is 25.4 Å². The van der Waals surface area contributed by atoms with Crippen molar-refractivity contribution in [1.29, 1.82) is 0 Å². The zero-order valence-corrected chi connectivity index (χ0v) is 32.7. The molecule has 0 aliphatic carbocycles. The van der Waals surface area contributed by atoms with Crippen molar-refractivity contribution in [3.8, 4) is 0 Å². The summed E-state index contributed by atoms with van der Waals surface area (Å²) in [6, 6.07) is -0.983. The number of aliphatic hydroxyl groups is 6. The fourth-order valence-corrected chi connectivity index (χ4v) is 7.02. The Labute approximate surface area is 311 Å². The van der Waals surface area contributed by atoms with E-state index in [1.165, 1.54) is 122 Å². The van der Waals surface area contributed by atoms with Crippen molar-refractivity contribution in [2.24, 2.45) is 0 Å². The monoisotopic (exact) mass is 732 g/mol. The van der Waals surface area contributed by atoms with E-state index in [1.54, 1.807) is 0 Å². The van der Waals surface area contributed by atoms with E-state index in [0.717, 1.165) is 44.9 Å². The number of carbonyl (C=O) groups excluding carboxylic acids is 1. The van der Waals surface area contributed by atoms with Crippen LogP contribution < -0.4 is 5.32 Å². The maximum absolute atomic E-state index is 12.9. The Bertz CT molecular complexity index is 788. The van der Waals surface area contributed by atoms with Gasteiger partial charge in [0.2, 0.25) is 5.91 Å². The van der Waals surface area contributed by atoms with Crippen LogP contribution in [0.25, 0.3) is 0 Å². The average molecular weight is 732 g/mol. The van der Waals surface area contributed by atoms with Gasteiger partial charge in [-0.1, -0.05) is 174 Å². The summed E-state index contributed by atoms with van der Waals surface area (Å²) in [6.45, 7) is 3.59. The Kier molecular flexibility index (Phi) is 30.8. The lowest BCUT2D eigenvalue weighted by Gasteiger charge is -2.40. The first-order valence-electron chi connectivity index (χ1n) is 21.3. The van der Waals surface area contributed by atoms with Gasteiger partial charge in [-0.3, -0.25) is 4.79 Å². The van der Waals surface area contributed by atoms with E-state index in [9.17, 15) is 35.4 Å². The minimum absolute atomic E-state index is 0.257. The van der Waals surface area contributed by atoms with Crippen molar-refractivity contribution in [3.05, 3.63) is 0 Å². The number of nitrogens with one attached hydrogen (secondary N) is 1. The van der Waals surface area contributed by atoms with Crippen LogP contribution in [-0.2, 0) is 14.3 Å². The van der Waals surface area contributed by atoms with Gasteiger partial charge in [0.25, 0.3) is 0 Å². The second-order valence-corrected chi connectivity index (χ2v) is 15.3. The molecule has 51 heavy (non-hydrogen) atoms. The largest absolute Gasteiger partial charge is 0.394 e. The minimum atomic E-state index is -1.60. The van der Waals surface area contributed by atoms with Gasteiger partial charge in [0, 0.05) is 6.42 Å². The van der Waals surface area contributed by atoms with Gasteiger partial charge in [-0.15, -0.1) is 0 Å². The van der Waals surface area contributed by atoms with Gasteiger partial charge < -0.3 is 45.4 Å². The third-order valence-electron chi connectivity index (χ3n) is 10.6. The highest BCUT2D eigenvalue weighted by atomic mass is 16.7. The molecule has 10 nitrogen and oxygen atoms in total. The molecule has 10 heteroatoms. The molecule has 1 aliphatic heterocycles. The van der Waals surface area contributed by atoms with Crippen molar-refractivity contribution >= 4 is 5.91 Å². The number of unbranched alkanes of at least 4 members (excludes halogenated alkanes) is 24. The molecule has 8 atom stereocenters. The van der Waals surface area contributed by atoms with Crippen molar-refractivity contribution in [2.75, 3.05) is 13.2 Å². The Morgan fingerprint density at radius 3 is 1.45 bits per heavy atom. The van der Waals surface area contributed by atoms with E-state index in [2.05, 4.69) is 19.2 Å². The summed E-state index contributed by atoms with van der Waals surface area (Å²) >= 11 is 0. The summed E-state index contributed by atoms with van der Waals surface area (Å²) in [4.78, 5) is 12.9.